The van der Waals surface area contributed by atoms with Gasteiger partial charge in [0.1, 0.15) is 17.1 Å². The number of hydrogen-bond acceptors (Lipinski definition) is 11. The van der Waals surface area contributed by atoms with Crippen molar-refractivity contribution in [3.05, 3.63) is 279 Å². The summed E-state index contributed by atoms with van der Waals surface area (Å²) >= 11 is 5.11. The topological polar surface area (TPSA) is 137 Å². The average Bonchev–Trinajstić information content (AvgIpc) is 1.69. The van der Waals surface area contributed by atoms with Crippen LogP contribution in [0.2, 0.25) is 0 Å². The fraction of sp³-hybridized carbons (Fsp3) is 0.325. The van der Waals surface area contributed by atoms with Gasteiger partial charge in [-0.15, -0.1) is 37.6 Å². The molecule has 0 bridgehead atoms. The van der Waals surface area contributed by atoms with Gasteiger partial charge in [-0.3, -0.25) is 9.59 Å². The second-order valence-corrected chi connectivity index (χ2v) is 25.5. The maximum Gasteiger partial charge on any atom is 0.259 e. The first-order chi connectivity index (χ1) is 45.8. The summed E-state index contributed by atoms with van der Waals surface area (Å²) < 4.78 is 66.9. The van der Waals surface area contributed by atoms with Crippen LogP contribution in [0.4, 0.5) is 60.5 Å². The molecule has 0 saturated carbocycles. The number of aromatic nitrogens is 2. The Kier molecular flexibility index (Phi) is 43.0. The molecule has 2 radical (unpaired) electrons. The molecule has 0 unspecified atom stereocenters. The molecule has 3 N–H and O–H groups in total. The summed E-state index contributed by atoms with van der Waals surface area (Å²) in [5.41, 5.74) is 24.2. The molecule has 0 saturated heterocycles. The van der Waals surface area contributed by atoms with E-state index in [4.69, 9.17) is 21.9 Å². The Bertz CT molecular complexity index is 3350. The molecule has 2 aromatic heterocycles. The van der Waals surface area contributed by atoms with Crippen LogP contribution >= 0.6 is 11.6 Å². The van der Waals surface area contributed by atoms with E-state index in [1.165, 1.54) is 79.7 Å². The predicted molar refractivity (Wildman–Crippen MR) is 397 cm³/mol. The molecule has 101 heavy (non-hydrogen) atoms. The third-order valence-corrected chi connectivity index (χ3v) is 15.6. The maximum atomic E-state index is 11.7. The number of nitrogens with two attached hydrogens (primary N) is 1. The Morgan fingerprint density at radius 2 is 0.673 bits per heavy atom. The molecule has 4 heterocycles. The quantitative estimate of drug-likeness (QED) is 0.0334. The SMILES string of the molecule is CC(C)c1cccc(C(C)C)c1N1C=CN(c2c(C(C)C)cccc2C(C)C)[CH-]1.CC(C)c1cccc(C(C)C)c1N1C=CN(c2c(C(C)C)cccc2C(C)C)[CH-]1.Cc1oncc1C(=O)Cl.Cc1oncc1C(=O)Nc1cc[c-]cc1.F[C-](F)F.F[C-](F)F.Nc1cc[c-]cc1.[Au].[Au].[CH3-].[CH3-]. The van der Waals surface area contributed by atoms with Crippen molar-refractivity contribution in [2.45, 2.75) is 172 Å². The number of nitrogen functional groups attached to an aromatic ring is 1. The van der Waals surface area contributed by atoms with Crippen molar-refractivity contribution in [1.29, 1.82) is 0 Å². The van der Waals surface area contributed by atoms with Crippen LogP contribution < -0.4 is 30.7 Å². The van der Waals surface area contributed by atoms with Gasteiger partial charge in [0.25, 0.3) is 11.1 Å². The summed E-state index contributed by atoms with van der Waals surface area (Å²) in [5.74, 6) is 4.58. The number of carbonyl (C=O) groups is 2. The number of aryl methyl sites for hydroxylation is 2. The summed E-state index contributed by atoms with van der Waals surface area (Å²) in [4.78, 5) is 31.4. The molecule has 0 atom stereocenters. The molecule has 8 aromatic rings. The van der Waals surface area contributed by atoms with Crippen LogP contribution in [-0.2, 0) is 44.8 Å². The van der Waals surface area contributed by atoms with Crippen molar-refractivity contribution in [2.24, 2.45) is 0 Å². The number of halogens is 7. The zero-order chi connectivity index (χ0) is 72.4. The van der Waals surface area contributed by atoms with Crippen LogP contribution in [0.3, 0.4) is 0 Å². The Morgan fingerprint density at radius 1 is 0.446 bits per heavy atom. The van der Waals surface area contributed by atoms with Crippen molar-refractivity contribution in [2.75, 3.05) is 30.7 Å². The Hall–Kier alpha value is -7.29. The molecule has 10 rings (SSSR count). The van der Waals surface area contributed by atoms with Gasteiger partial charge in [0.05, 0.1) is 18.0 Å². The van der Waals surface area contributed by atoms with Gasteiger partial charge in [-0.2, -0.15) is 36.4 Å². The molecular weight excluding hydrogens is 1680 g/mol. The van der Waals surface area contributed by atoms with Gasteiger partial charge in [-0.05, 0) is 142 Å². The van der Waals surface area contributed by atoms with Crippen molar-refractivity contribution in [3.63, 3.8) is 0 Å². The summed E-state index contributed by atoms with van der Waals surface area (Å²) in [6.07, 6.45) is 11.6. The van der Waals surface area contributed by atoms with Crippen LogP contribution in [0.15, 0.2) is 168 Å². The fourth-order valence-corrected chi connectivity index (χ4v) is 10.7. The first kappa shape index (κ1) is 93.7. The molecule has 0 fully saturated rings. The normalized spacial score (nSPS) is 11.9. The van der Waals surface area contributed by atoms with E-state index in [1.54, 1.807) is 62.4 Å². The Morgan fingerprint density at radius 3 is 0.851 bits per heavy atom. The monoisotopic (exact) mass is 1780 g/mol. The minimum absolute atomic E-state index is 0. The zero-order valence-electron chi connectivity index (χ0n) is 61.4. The third kappa shape index (κ3) is 28.8. The van der Waals surface area contributed by atoms with Crippen molar-refractivity contribution >= 4 is 56.9 Å². The van der Waals surface area contributed by atoms with Gasteiger partial charge in [0.15, 0.2) is 13.4 Å². The number of anilines is 6. The zero-order valence-corrected chi connectivity index (χ0v) is 66.5. The molecule has 1 amide bonds. The van der Waals surface area contributed by atoms with Crippen LogP contribution in [0.5, 0.6) is 0 Å². The van der Waals surface area contributed by atoms with E-state index < -0.39 is 18.6 Å². The fourth-order valence-electron chi connectivity index (χ4n) is 10.6. The minimum atomic E-state index is -3.08. The molecular formula is C80H99Au2ClF6N8O4-8. The summed E-state index contributed by atoms with van der Waals surface area (Å²) in [6.45, 7) is 38.2. The van der Waals surface area contributed by atoms with Crippen molar-refractivity contribution in [1.82, 2.24) is 10.3 Å². The molecule has 0 spiro atoms. The standard InChI is InChI=1S/2C27H37N2.C11H9N2O2.C6H6N.C5H4ClNO2.2CF3.2CH3.2Au/c2*1-18(2)22-11-9-12-23(19(3)4)26(22)28-15-16-29(17-28)27-24(20(5)6)13-10-14-25(27)21(7)8;1-8-10(7-12-15-8)11(14)13-9-5-3-2-4-6-9;7-6-4-2-1-3-5-6;1-3-4(5(6)8)2-7-9-3;2*2-1(3)4;;;;/h2*9-21H,1-8H3;3-7H,1H3,(H,13,14);2-5H,7H2;2H,1H3;;;2*1H3;;/q4*-1;;4*-1;;. The van der Waals surface area contributed by atoms with Gasteiger partial charge in [-0.25, -0.2) is 0 Å². The minimum Gasteiger partial charge on any atom is -0.479 e. The van der Waals surface area contributed by atoms with E-state index in [1.807, 2.05) is 0 Å². The first-order valence-corrected chi connectivity index (χ1v) is 32.6. The van der Waals surface area contributed by atoms with Gasteiger partial charge in [-0.1, -0.05) is 205 Å². The van der Waals surface area contributed by atoms with E-state index in [0.29, 0.717) is 70.0 Å². The predicted octanol–water partition coefficient (Wildman–Crippen LogP) is 24.2. The summed E-state index contributed by atoms with van der Waals surface area (Å²) in [6, 6.07) is 46.9. The Labute approximate surface area is 634 Å². The third-order valence-electron chi connectivity index (χ3n) is 15.4. The summed E-state index contributed by atoms with van der Waals surface area (Å²) in [5, 5.41) is 9.10. The molecule has 0 aliphatic carbocycles. The van der Waals surface area contributed by atoms with Crippen molar-refractivity contribution in [3.8, 4) is 0 Å². The molecule has 2 aliphatic heterocycles. The van der Waals surface area contributed by atoms with E-state index >= 15 is 0 Å². The second-order valence-electron chi connectivity index (χ2n) is 25.2. The van der Waals surface area contributed by atoms with Gasteiger partial charge in [0.2, 0.25) is 0 Å². The smallest absolute Gasteiger partial charge is 0.259 e. The number of nitrogens with one attached hydrogen (secondary N) is 1. The van der Waals surface area contributed by atoms with Crippen LogP contribution in [0.25, 0.3) is 0 Å². The molecule has 2 aliphatic rings. The molecule has 12 nitrogen and oxygen atoms in total. The van der Waals surface area contributed by atoms with Gasteiger partial charge in [0, 0.05) is 67.5 Å². The first-order valence-electron chi connectivity index (χ1n) is 32.2. The van der Waals surface area contributed by atoms with Crippen LogP contribution in [0, 0.1) is 67.5 Å². The number of hydrogen-bond donors (Lipinski definition) is 2. The largest absolute Gasteiger partial charge is 0.479 e. The summed E-state index contributed by atoms with van der Waals surface area (Å²) in [7, 11) is 0. The van der Waals surface area contributed by atoms with Gasteiger partial charge >= 0.3 is 0 Å². The van der Waals surface area contributed by atoms with Crippen molar-refractivity contribution < 1.29 is 89.7 Å². The average molecular weight is 1780 g/mol. The number of para-hydroxylation sites is 4. The molecule has 21 heteroatoms. The van der Waals surface area contributed by atoms with E-state index in [-0.39, 0.29) is 65.5 Å². The molecule has 562 valence electrons. The van der Waals surface area contributed by atoms with Crippen LogP contribution in [0.1, 0.15) is 235 Å². The van der Waals surface area contributed by atoms with E-state index in [2.05, 4.69) is 274 Å². The Balaban J connectivity index is 0.00000128. The number of rotatable bonds is 15. The number of benzene rings is 6. The molecule has 6 aromatic carbocycles. The number of nitrogens with zero attached hydrogens (tertiary/aromatic N) is 6. The number of carbonyl (C=O) groups excluding carboxylic acids is 2. The van der Waals surface area contributed by atoms with E-state index in [9.17, 15) is 35.9 Å². The number of amides is 1. The maximum absolute atomic E-state index is 11.7. The van der Waals surface area contributed by atoms with Gasteiger partial charge < -0.3 is 80.9 Å². The van der Waals surface area contributed by atoms with Crippen LogP contribution in [-0.4, -0.2) is 21.5 Å². The second kappa shape index (κ2) is 46.3. The van der Waals surface area contributed by atoms with E-state index in [0.717, 1.165) is 11.4 Å².